The zero-order valence-electron chi connectivity index (χ0n) is 15.5. The minimum Gasteiger partial charge on any atom is -0.345 e. The van der Waals surface area contributed by atoms with Crippen molar-refractivity contribution in [1.29, 1.82) is 0 Å². The van der Waals surface area contributed by atoms with Gasteiger partial charge in [0.05, 0.1) is 0 Å². The lowest BCUT2D eigenvalue weighted by Gasteiger charge is -2.37. The van der Waals surface area contributed by atoms with Crippen molar-refractivity contribution in [3.63, 3.8) is 0 Å². The number of aromatic nitrogens is 3. The van der Waals surface area contributed by atoms with Crippen LogP contribution in [0.25, 0.3) is 0 Å². The first-order chi connectivity index (χ1) is 12.2. The molecule has 0 aromatic carbocycles. The van der Waals surface area contributed by atoms with E-state index in [-0.39, 0.29) is 0 Å². The lowest BCUT2D eigenvalue weighted by Crippen LogP contribution is -2.44. The molecule has 0 bridgehead atoms. The highest BCUT2D eigenvalue weighted by atomic mass is 16.2. The van der Waals surface area contributed by atoms with Gasteiger partial charge in [-0.15, -0.1) is 10.2 Å². The molecule has 1 unspecified atom stereocenters. The van der Waals surface area contributed by atoms with Crippen LogP contribution in [0.5, 0.6) is 0 Å². The Morgan fingerprint density at radius 2 is 1.84 bits per heavy atom. The van der Waals surface area contributed by atoms with E-state index in [1.165, 1.54) is 43.8 Å². The standard InChI is InChI=1S/C19H31N5O/c1-22-13-15(6-7-18(22)25)14-23-11-8-16(9-12-23)19-21-20-17-5-3-2-4-10-24(17)19/h15-16H,2-14H2,1H3. The fraction of sp³-hybridized carbons (Fsp3) is 0.842. The van der Waals surface area contributed by atoms with Crippen LogP contribution in [0.4, 0.5) is 0 Å². The highest BCUT2D eigenvalue weighted by Gasteiger charge is 2.29. The van der Waals surface area contributed by atoms with Crippen molar-refractivity contribution in [1.82, 2.24) is 24.6 Å². The Morgan fingerprint density at radius 3 is 2.64 bits per heavy atom. The van der Waals surface area contributed by atoms with E-state index in [9.17, 15) is 4.79 Å². The molecule has 4 rings (SSSR count). The minimum atomic E-state index is 0.308. The largest absolute Gasteiger partial charge is 0.345 e. The Hall–Kier alpha value is -1.43. The second kappa shape index (κ2) is 7.44. The van der Waals surface area contributed by atoms with E-state index < -0.39 is 0 Å². The summed E-state index contributed by atoms with van der Waals surface area (Å²) >= 11 is 0. The average Bonchev–Trinajstić information content (AvgIpc) is 2.87. The number of aryl methyl sites for hydroxylation is 1. The van der Waals surface area contributed by atoms with Crippen molar-refractivity contribution in [3.05, 3.63) is 11.6 Å². The lowest BCUT2D eigenvalue weighted by molar-refractivity contribution is -0.133. The van der Waals surface area contributed by atoms with Crippen molar-refractivity contribution >= 4 is 5.91 Å². The number of carbonyl (C=O) groups is 1. The molecule has 1 aromatic rings. The smallest absolute Gasteiger partial charge is 0.222 e. The zero-order valence-corrected chi connectivity index (χ0v) is 15.5. The number of carbonyl (C=O) groups excluding carboxylic acids is 1. The van der Waals surface area contributed by atoms with Gasteiger partial charge in [0.2, 0.25) is 5.91 Å². The van der Waals surface area contributed by atoms with Crippen LogP contribution in [0.2, 0.25) is 0 Å². The van der Waals surface area contributed by atoms with Crippen molar-refractivity contribution in [3.8, 4) is 0 Å². The minimum absolute atomic E-state index is 0.308. The third-order valence-corrected chi connectivity index (χ3v) is 6.33. The number of piperidine rings is 2. The van der Waals surface area contributed by atoms with E-state index in [1.807, 2.05) is 11.9 Å². The van der Waals surface area contributed by atoms with E-state index in [2.05, 4.69) is 19.7 Å². The fourth-order valence-corrected chi connectivity index (χ4v) is 4.80. The van der Waals surface area contributed by atoms with Crippen molar-refractivity contribution in [2.75, 3.05) is 33.2 Å². The van der Waals surface area contributed by atoms with Gasteiger partial charge in [-0.3, -0.25) is 4.79 Å². The van der Waals surface area contributed by atoms with Crippen molar-refractivity contribution in [2.24, 2.45) is 5.92 Å². The van der Waals surface area contributed by atoms with Gasteiger partial charge in [-0.25, -0.2) is 0 Å². The molecular weight excluding hydrogens is 314 g/mol. The molecule has 0 aliphatic carbocycles. The Balaban J connectivity index is 1.31. The molecular formula is C19H31N5O. The number of nitrogens with zero attached hydrogens (tertiary/aromatic N) is 5. The molecule has 3 aliphatic heterocycles. The van der Waals surface area contributed by atoms with E-state index in [4.69, 9.17) is 0 Å². The summed E-state index contributed by atoms with van der Waals surface area (Å²) in [5.41, 5.74) is 0. The highest BCUT2D eigenvalue weighted by molar-refractivity contribution is 5.76. The van der Waals surface area contributed by atoms with Crippen LogP contribution < -0.4 is 0 Å². The molecule has 3 aliphatic rings. The zero-order chi connectivity index (χ0) is 17.2. The van der Waals surface area contributed by atoms with Crippen LogP contribution in [-0.2, 0) is 17.8 Å². The van der Waals surface area contributed by atoms with Gasteiger partial charge in [0, 0.05) is 45.4 Å². The Morgan fingerprint density at radius 1 is 1.00 bits per heavy atom. The van der Waals surface area contributed by atoms with E-state index in [0.29, 0.717) is 17.7 Å². The predicted molar refractivity (Wildman–Crippen MR) is 96.4 cm³/mol. The van der Waals surface area contributed by atoms with Gasteiger partial charge in [0.15, 0.2) is 0 Å². The molecule has 6 nitrogen and oxygen atoms in total. The molecule has 0 radical (unpaired) electrons. The summed E-state index contributed by atoms with van der Waals surface area (Å²) in [5.74, 6) is 3.99. The number of fused-ring (bicyclic) bond motifs is 1. The monoisotopic (exact) mass is 345 g/mol. The number of hydrogen-bond acceptors (Lipinski definition) is 4. The third kappa shape index (κ3) is 3.73. The Kier molecular flexibility index (Phi) is 5.06. The molecule has 138 valence electrons. The molecule has 2 saturated heterocycles. The molecule has 25 heavy (non-hydrogen) atoms. The SMILES string of the molecule is CN1CC(CN2CCC(c3nnc4n3CCCCC4)CC2)CCC1=O. The van der Waals surface area contributed by atoms with Crippen LogP contribution in [0.1, 0.15) is 62.5 Å². The summed E-state index contributed by atoms with van der Waals surface area (Å²) in [6.07, 6.45) is 9.11. The molecule has 2 fully saturated rings. The fourth-order valence-electron chi connectivity index (χ4n) is 4.80. The van der Waals surface area contributed by atoms with Gasteiger partial charge in [0.1, 0.15) is 11.6 Å². The number of rotatable bonds is 3. The summed E-state index contributed by atoms with van der Waals surface area (Å²) in [7, 11) is 1.94. The predicted octanol–water partition coefficient (Wildman–Crippen LogP) is 2.05. The Bertz CT molecular complexity index is 605. The molecule has 6 heteroatoms. The maximum Gasteiger partial charge on any atom is 0.222 e. The summed E-state index contributed by atoms with van der Waals surface area (Å²) < 4.78 is 2.43. The number of amides is 1. The maximum atomic E-state index is 11.6. The van der Waals surface area contributed by atoms with Gasteiger partial charge in [-0.05, 0) is 51.1 Å². The molecule has 0 spiro atoms. The van der Waals surface area contributed by atoms with Gasteiger partial charge in [-0.1, -0.05) is 6.42 Å². The average molecular weight is 345 g/mol. The topological polar surface area (TPSA) is 54.3 Å². The summed E-state index contributed by atoms with van der Waals surface area (Å²) in [6.45, 7) is 5.49. The maximum absolute atomic E-state index is 11.6. The Labute approximate surface area is 150 Å². The molecule has 0 saturated carbocycles. The second-order valence-electron chi connectivity index (χ2n) is 8.19. The third-order valence-electron chi connectivity index (χ3n) is 6.33. The van der Waals surface area contributed by atoms with E-state index >= 15 is 0 Å². The first kappa shape index (κ1) is 17.0. The molecule has 1 atom stereocenters. The van der Waals surface area contributed by atoms with Crippen LogP contribution in [0.3, 0.4) is 0 Å². The van der Waals surface area contributed by atoms with Gasteiger partial charge in [0.25, 0.3) is 0 Å². The lowest BCUT2D eigenvalue weighted by atomic mass is 9.93. The summed E-state index contributed by atoms with van der Waals surface area (Å²) in [4.78, 5) is 16.2. The molecule has 4 heterocycles. The van der Waals surface area contributed by atoms with Crippen LogP contribution in [0, 0.1) is 5.92 Å². The van der Waals surface area contributed by atoms with Crippen LogP contribution in [-0.4, -0.2) is 63.7 Å². The number of likely N-dealkylation sites (tertiary alicyclic amines) is 2. The first-order valence-corrected chi connectivity index (χ1v) is 10.1. The number of hydrogen-bond donors (Lipinski definition) is 0. The van der Waals surface area contributed by atoms with E-state index in [1.54, 1.807) is 0 Å². The van der Waals surface area contributed by atoms with Gasteiger partial charge < -0.3 is 14.4 Å². The quantitative estimate of drug-likeness (QED) is 0.841. The van der Waals surface area contributed by atoms with Gasteiger partial charge in [-0.2, -0.15) is 0 Å². The van der Waals surface area contributed by atoms with Crippen molar-refractivity contribution in [2.45, 2.75) is 63.8 Å². The summed E-state index contributed by atoms with van der Waals surface area (Å²) in [5, 5.41) is 9.05. The molecule has 1 amide bonds. The van der Waals surface area contributed by atoms with E-state index in [0.717, 1.165) is 52.0 Å². The van der Waals surface area contributed by atoms with Crippen LogP contribution in [0.15, 0.2) is 0 Å². The normalized spacial score (nSPS) is 26.5. The second-order valence-corrected chi connectivity index (χ2v) is 8.19. The van der Waals surface area contributed by atoms with Crippen LogP contribution >= 0.6 is 0 Å². The first-order valence-electron chi connectivity index (χ1n) is 10.1. The van der Waals surface area contributed by atoms with Crippen molar-refractivity contribution < 1.29 is 4.79 Å². The summed E-state index contributed by atoms with van der Waals surface area (Å²) in [6, 6.07) is 0. The highest BCUT2D eigenvalue weighted by Crippen LogP contribution is 2.30. The van der Waals surface area contributed by atoms with Gasteiger partial charge >= 0.3 is 0 Å². The molecule has 0 N–H and O–H groups in total. The molecule has 1 aromatic heterocycles.